The Morgan fingerprint density at radius 2 is 2.21 bits per heavy atom. The van der Waals surface area contributed by atoms with E-state index in [9.17, 15) is 0 Å². The average Bonchev–Trinajstić information content (AvgIpc) is 2.87. The van der Waals surface area contributed by atoms with Crippen LogP contribution in [0, 0.1) is 0 Å². The van der Waals surface area contributed by atoms with Gasteiger partial charge in [-0.05, 0) is 19.8 Å². The summed E-state index contributed by atoms with van der Waals surface area (Å²) < 4.78 is 2.00. The second-order valence-corrected chi connectivity index (χ2v) is 5.38. The lowest BCUT2D eigenvalue weighted by Crippen LogP contribution is -2.55. The summed E-state index contributed by atoms with van der Waals surface area (Å²) in [4.78, 5) is 6.99. The summed E-state index contributed by atoms with van der Waals surface area (Å²) in [6.45, 7) is 10.7. The van der Waals surface area contributed by atoms with Crippen molar-refractivity contribution in [1.82, 2.24) is 25.0 Å². The molecule has 1 N–H and O–H groups in total. The molecule has 0 aromatic carbocycles. The van der Waals surface area contributed by atoms with Gasteiger partial charge in [0.15, 0.2) is 0 Å². The summed E-state index contributed by atoms with van der Waals surface area (Å²) >= 11 is 0. The van der Waals surface area contributed by atoms with Crippen molar-refractivity contribution in [3.05, 3.63) is 12.2 Å². The second kappa shape index (κ2) is 7.01. The number of nitrogens with one attached hydrogen (secondary N) is 1. The maximum absolute atomic E-state index is 4.41. The van der Waals surface area contributed by atoms with E-state index in [4.69, 9.17) is 0 Å². The molecule has 2 heterocycles. The Hall–Kier alpha value is -0.940. The number of hydrogen-bond acceptors (Lipinski definition) is 4. The van der Waals surface area contributed by atoms with Crippen LogP contribution < -0.4 is 5.32 Å². The summed E-state index contributed by atoms with van der Waals surface area (Å²) in [6, 6.07) is 1.25. The van der Waals surface area contributed by atoms with E-state index in [0.29, 0.717) is 12.1 Å². The first-order chi connectivity index (χ1) is 9.28. The number of piperazine rings is 1. The van der Waals surface area contributed by atoms with E-state index in [1.165, 1.54) is 19.3 Å². The van der Waals surface area contributed by atoms with Gasteiger partial charge in [-0.2, -0.15) is 5.10 Å². The van der Waals surface area contributed by atoms with Crippen LogP contribution in [0.1, 0.15) is 45.9 Å². The van der Waals surface area contributed by atoms with Gasteiger partial charge in [-0.15, -0.1) is 0 Å². The van der Waals surface area contributed by atoms with Gasteiger partial charge in [0.1, 0.15) is 12.2 Å². The third kappa shape index (κ3) is 3.54. The molecule has 0 amide bonds. The van der Waals surface area contributed by atoms with E-state index >= 15 is 0 Å². The number of rotatable bonds is 6. The first kappa shape index (κ1) is 14.5. The molecular formula is C14H27N5. The van der Waals surface area contributed by atoms with Crippen molar-refractivity contribution >= 4 is 0 Å². The van der Waals surface area contributed by atoms with Crippen LogP contribution in [0.3, 0.4) is 0 Å². The molecule has 0 saturated carbocycles. The van der Waals surface area contributed by atoms with E-state index in [1.54, 1.807) is 6.33 Å². The van der Waals surface area contributed by atoms with Crippen LogP contribution in [0.2, 0.25) is 0 Å². The van der Waals surface area contributed by atoms with Crippen LogP contribution in [-0.4, -0.2) is 44.8 Å². The van der Waals surface area contributed by atoms with Gasteiger partial charge in [-0.25, -0.2) is 9.67 Å². The predicted octanol–water partition coefficient (Wildman–Crippen LogP) is 1.65. The highest BCUT2D eigenvalue weighted by molar-refractivity contribution is 4.91. The number of hydrogen-bond donors (Lipinski definition) is 1. The Bertz CT molecular complexity index is 376. The molecule has 1 aromatic rings. The molecule has 2 rings (SSSR count). The van der Waals surface area contributed by atoms with Gasteiger partial charge < -0.3 is 5.32 Å². The molecule has 2 atom stereocenters. The van der Waals surface area contributed by atoms with Crippen molar-refractivity contribution in [2.75, 3.05) is 13.1 Å². The zero-order valence-electron chi connectivity index (χ0n) is 12.5. The standard InChI is InChI=1S/C14H27N5/c1-4-7-12-9-18(13(5-2)8-15-12)10-14-16-11-17-19(14)6-3/h11-13,15H,4-10H2,1-3H3. The van der Waals surface area contributed by atoms with Crippen LogP contribution in [0.15, 0.2) is 6.33 Å². The molecule has 1 saturated heterocycles. The Morgan fingerprint density at radius 3 is 2.89 bits per heavy atom. The lowest BCUT2D eigenvalue weighted by atomic mass is 10.0. The predicted molar refractivity (Wildman–Crippen MR) is 76.9 cm³/mol. The van der Waals surface area contributed by atoms with Crippen LogP contribution in [0.5, 0.6) is 0 Å². The molecule has 0 spiro atoms. The summed E-state index contributed by atoms with van der Waals surface area (Å²) in [5, 5.41) is 7.94. The highest BCUT2D eigenvalue weighted by Gasteiger charge is 2.27. The molecule has 2 unspecified atom stereocenters. The van der Waals surface area contributed by atoms with Crippen molar-refractivity contribution in [3.63, 3.8) is 0 Å². The largest absolute Gasteiger partial charge is 0.311 e. The first-order valence-electron chi connectivity index (χ1n) is 7.62. The first-order valence-corrected chi connectivity index (χ1v) is 7.62. The van der Waals surface area contributed by atoms with Crippen molar-refractivity contribution in [2.45, 2.75) is 65.2 Å². The van der Waals surface area contributed by atoms with Crippen LogP contribution >= 0.6 is 0 Å². The summed E-state index contributed by atoms with van der Waals surface area (Å²) in [7, 11) is 0. The minimum absolute atomic E-state index is 0.620. The van der Waals surface area contributed by atoms with Gasteiger partial charge in [0.25, 0.3) is 0 Å². The number of aromatic nitrogens is 3. The quantitative estimate of drug-likeness (QED) is 0.849. The fourth-order valence-electron chi connectivity index (χ4n) is 2.92. The molecule has 1 fully saturated rings. The van der Waals surface area contributed by atoms with E-state index in [2.05, 4.69) is 41.1 Å². The molecule has 0 aliphatic carbocycles. The van der Waals surface area contributed by atoms with Crippen molar-refractivity contribution in [3.8, 4) is 0 Å². The van der Waals surface area contributed by atoms with E-state index in [-0.39, 0.29) is 0 Å². The lowest BCUT2D eigenvalue weighted by molar-refractivity contribution is 0.111. The lowest BCUT2D eigenvalue weighted by Gasteiger charge is -2.40. The normalized spacial score (nSPS) is 24.8. The van der Waals surface area contributed by atoms with Gasteiger partial charge in [0, 0.05) is 31.7 Å². The number of aryl methyl sites for hydroxylation is 1. The maximum Gasteiger partial charge on any atom is 0.141 e. The third-order valence-electron chi connectivity index (χ3n) is 4.06. The molecule has 19 heavy (non-hydrogen) atoms. The number of nitrogens with zero attached hydrogens (tertiary/aromatic N) is 4. The van der Waals surface area contributed by atoms with Crippen LogP contribution in [0.4, 0.5) is 0 Å². The Balaban J connectivity index is 2.02. The summed E-state index contributed by atoms with van der Waals surface area (Å²) in [5.74, 6) is 1.10. The van der Waals surface area contributed by atoms with Gasteiger partial charge >= 0.3 is 0 Å². The highest BCUT2D eigenvalue weighted by Crippen LogP contribution is 2.15. The maximum atomic E-state index is 4.41. The van der Waals surface area contributed by atoms with Gasteiger partial charge in [0.2, 0.25) is 0 Å². The van der Waals surface area contributed by atoms with Crippen molar-refractivity contribution in [2.24, 2.45) is 0 Å². The average molecular weight is 265 g/mol. The van der Waals surface area contributed by atoms with Gasteiger partial charge in [0.05, 0.1) is 6.54 Å². The van der Waals surface area contributed by atoms with Gasteiger partial charge in [-0.3, -0.25) is 4.90 Å². The highest BCUT2D eigenvalue weighted by atomic mass is 15.4. The molecule has 108 valence electrons. The van der Waals surface area contributed by atoms with E-state index in [1.807, 2.05) is 4.68 Å². The second-order valence-electron chi connectivity index (χ2n) is 5.38. The third-order valence-corrected chi connectivity index (χ3v) is 4.06. The fraction of sp³-hybridized carbons (Fsp3) is 0.857. The molecule has 1 aromatic heterocycles. The molecule has 5 nitrogen and oxygen atoms in total. The Labute approximate surface area is 116 Å². The minimum atomic E-state index is 0.620. The van der Waals surface area contributed by atoms with Crippen molar-refractivity contribution in [1.29, 1.82) is 0 Å². The zero-order chi connectivity index (χ0) is 13.7. The molecule has 0 radical (unpaired) electrons. The summed E-state index contributed by atoms with van der Waals surface area (Å²) in [6.07, 6.45) is 5.36. The molecular weight excluding hydrogens is 238 g/mol. The van der Waals surface area contributed by atoms with Crippen LogP contribution in [0.25, 0.3) is 0 Å². The summed E-state index contributed by atoms with van der Waals surface area (Å²) in [5.41, 5.74) is 0. The Morgan fingerprint density at radius 1 is 1.37 bits per heavy atom. The topological polar surface area (TPSA) is 46.0 Å². The van der Waals surface area contributed by atoms with E-state index < -0.39 is 0 Å². The van der Waals surface area contributed by atoms with E-state index in [0.717, 1.165) is 32.0 Å². The molecule has 1 aliphatic rings. The molecule has 0 bridgehead atoms. The van der Waals surface area contributed by atoms with Crippen molar-refractivity contribution < 1.29 is 0 Å². The monoisotopic (exact) mass is 265 g/mol. The molecule has 1 aliphatic heterocycles. The zero-order valence-corrected chi connectivity index (χ0v) is 12.5. The Kier molecular flexibility index (Phi) is 5.34. The molecule has 5 heteroatoms. The smallest absolute Gasteiger partial charge is 0.141 e. The van der Waals surface area contributed by atoms with Crippen LogP contribution in [-0.2, 0) is 13.1 Å². The SMILES string of the molecule is CCCC1CN(Cc2ncnn2CC)C(CC)CN1. The minimum Gasteiger partial charge on any atom is -0.311 e. The van der Waals surface area contributed by atoms with Gasteiger partial charge in [-0.1, -0.05) is 20.3 Å². The fourth-order valence-corrected chi connectivity index (χ4v) is 2.92.